The van der Waals surface area contributed by atoms with Crippen LogP contribution >= 0.6 is 0 Å². The van der Waals surface area contributed by atoms with Gasteiger partial charge >= 0.3 is 5.97 Å². The molecule has 0 fully saturated rings. The molecule has 3 heterocycles. The molecule has 2 aromatic heterocycles. The van der Waals surface area contributed by atoms with E-state index in [2.05, 4.69) is 10.3 Å². The highest BCUT2D eigenvalue weighted by Crippen LogP contribution is 2.39. The number of hydrogen-bond donors (Lipinski definition) is 1. The second-order valence-corrected chi connectivity index (χ2v) is 5.74. The Morgan fingerprint density at radius 2 is 2.28 bits per heavy atom. The lowest BCUT2D eigenvalue weighted by molar-refractivity contribution is -0.139. The second-order valence-electron chi connectivity index (χ2n) is 5.74. The van der Waals surface area contributed by atoms with Gasteiger partial charge in [0.15, 0.2) is 0 Å². The molecule has 1 aliphatic heterocycles. The van der Waals surface area contributed by atoms with Crippen molar-refractivity contribution >= 4 is 23.0 Å². The minimum Gasteiger partial charge on any atom is -0.467 e. The first-order chi connectivity index (χ1) is 12.1. The van der Waals surface area contributed by atoms with Gasteiger partial charge in [-0.1, -0.05) is 0 Å². The van der Waals surface area contributed by atoms with Crippen LogP contribution in [0.2, 0.25) is 0 Å². The Balaban J connectivity index is 1.97. The molecule has 1 unspecified atom stereocenters. The number of rotatable bonds is 3. The number of carbonyl (C=O) groups excluding carboxylic acids is 1. The van der Waals surface area contributed by atoms with E-state index in [4.69, 9.17) is 9.15 Å². The zero-order chi connectivity index (χ0) is 17.6. The molecule has 0 spiro atoms. The summed E-state index contributed by atoms with van der Waals surface area (Å²) in [6.45, 7) is 3.81. The average Bonchev–Trinajstić information content (AvgIpc) is 3.20. The molecular weight excluding hydrogens is 325 g/mol. The van der Waals surface area contributed by atoms with Gasteiger partial charge in [0, 0.05) is 11.8 Å². The highest BCUT2D eigenvalue weighted by molar-refractivity contribution is 5.93. The van der Waals surface area contributed by atoms with Gasteiger partial charge in [0.1, 0.15) is 17.6 Å². The number of benzene rings is 1. The quantitative estimate of drug-likeness (QED) is 0.737. The monoisotopic (exact) mass is 341 g/mol. The van der Waals surface area contributed by atoms with Gasteiger partial charge in [0.25, 0.3) is 0 Å². The average molecular weight is 341 g/mol. The van der Waals surface area contributed by atoms with Gasteiger partial charge in [0.2, 0.25) is 5.95 Å². The normalized spacial score (nSPS) is 16.7. The molecule has 0 radical (unpaired) electrons. The number of furan rings is 1. The first-order valence-corrected chi connectivity index (χ1v) is 7.96. The number of halogens is 1. The van der Waals surface area contributed by atoms with Crippen molar-refractivity contribution in [3.63, 3.8) is 0 Å². The van der Waals surface area contributed by atoms with Crippen molar-refractivity contribution in [1.82, 2.24) is 9.55 Å². The van der Waals surface area contributed by atoms with Crippen LogP contribution in [0.1, 0.15) is 25.6 Å². The third kappa shape index (κ3) is 2.39. The molecule has 7 heteroatoms. The Hall–Kier alpha value is -3.09. The predicted molar refractivity (Wildman–Crippen MR) is 89.5 cm³/mol. The molecule has 128 valence electrons. The van der Waals surface area contributed by atoms with Gasteiger partial charge in [-0.2, -0.15) is 0 Å². The number of carbonyl (C=O) groups is 1. The summed E-state index contributed by atoms with van der Waals surface area (Å²) in [4.78, 5) is 17.0. The highest BCUT2D eigenvalue weighted by Gasteiger charge is 2.36. The number of esters is 1. The van der Waals surface area contributed by atoms with Crippen LogP contribution in [0, 0.1) is 5.82 Å². The van der Waals surface area contributed by atoms with Gasteiger partial charge < -0.3 is 14.5 Å². The van der Waals surface area contributed by atoms with Crippen molar-refractivity contribution in [2.45, 2.75) is 19.9 Å². The van der Waals surface area contributed by atoms with Gasteiger partial charge in [0.05, 0.1) is 29.5 Å². The maximum Gasteiger partial charge on any atom is 0.338 e. The van der Waals surface area contributed by atoms with Crippen molar-refractivity contribution in [3.05, 3.63) is 59.4 Å². The SMILES string of the molecule is CCOC(=O)C1=C(C)Nc2nc3cc(F)ccc3n2C1c1ccco1. The van der Waals surface area contributed by atoms with Crippen LogP contribution in [0.4, 0.5) is 10.3 Å². The van der Waals surface area contributed by atoms with E-state index >= 15 is 0 Å². The highest BCUT2D eigenvalue weighted by atomic mass is 19.1. The zero-order valence-electron chi connectivity index (χ0n) is 13.7. The summed E-state index contributed by atoms with van der Waals surface area (Å²) in [5.41, 5.74) is 2.26. The topological polar surface area (TPSA) is 69.3 Å². The van der Waals surface area contributed by atoms with Crippen molar-refractivity contribution < 1.29 is 18.3 Å². The van der Waals surface area contributed by atoms with Crippen LogP contribution in [0.3, 0.4) is 0 Å². The maximum atomic E-state index is 13.6. The molecule has 1 atom stereocenters. The summed E-state index contributed by atoms with van der Waals surface area (Å²) >= 11 is 0. The van der Waals surface area contributed by atoms with E-state index in [1.54, 1.807) is 38.3 Å². The van der Waals surface area contributed by atoms with Crippen LogP contribution in [-0.4, -0.2) is 22.1 Å². The minimum atomic E-state index is -0.541. The van der Waals surface area contributed by atoms with E-state index in [0.29, 0.717) is 34.0 Å². The predicted octanol–water partition coefficient (Wildman–Crippen LogP) is 3.62. The lowest BCUT2D eigenvalue weighted by Crippen LogP contribution is -2.28. The molecule has 1 aliphatic rings. The Kier molecular flexibility index (Phi) is 3.56. The molecular formula is C18H16FN3O3. The summed E-state index contributed by atoms with van der Waals surface area (Å²) in [6, 6.07) is 7.38. The smallest absolute Gasteiger partial charge is 0.338 e. The van der Waals surface area contributed by atoms with Gasteiger partial charge in [-0.25, -0.2) is 14.2 Å². The van der Waals surface area contributed by atoms with E-state index in [0.717, 1.165) is 0 Å². The molecule has 0 saturated carbocycles. The summed E-state index contributed by atoms with van der Waals surface area (Å²) in [5.74, 6) is 0.303. The van der Waals surface area contributed by atoms with Gasteiger partial charge in [-0.3, -0.25) is 4.57 Å². The number of nitrogens with one attached hydrogen (secondary N) is 1. The summed E-state index contributed by atoms with van der Waals surface area (Å²) in [7, 11) is 0. The Morgan fingerprint density at radius 1 is 1.44 bits per heavy atom. The van der Waals surface area contributed by atoms with Crippen molar-refractivity contribution in [2.24, 2.45) is 0 Å². The van der Waals surface area contributed by atoms with Crippen LogP contribution in [0.5, 0.6) is 0 Å². The number of nitrogens with zero attached hydrogens (tertiary/aromatic N) is 2. The van der Waals surface area contributed by atoms with E-state index < -0.39 is 12.0 Å². The van der Waals surface area contributed by atoms with Crippen LogP contribution in [-0.2, 0) is 9.53 Å². The molecule has 0 amide bonds. The summed E-state index contributed by atoms with van der Waals surface area (Å²) in [6.07, 6.45) is 1.55. The Morgan fingerprint density at radius 3 is 3.00 bits per heavy atom. The maximum absolute atomic E-state index is 13.6. The fourth-order valence-electron chi connectivity index (χ4n) is 3.18. The largest absolute Gasteiger partial charge is 0.467 e. The fraction of sp³-hybridized carbons (Fsp3) is 0.222. The lowest BCUT2D eigenvalue weighted by atomic mass is 10.0. The zero-order valence-corrected chi connectivity index (χ0v) is 13.7. The first kappa shape index (κ1) is 15.4. The number of aromatic nitrogens is 2. The number of imidazole rings is 1. The third-order valence-electron chi connectivity index (χ3n) is 4.19. The van der Waals surface area contributed by atoms with Crippen molar-refractivity contribution in [2.75, 3.05) is 11.9 Å². The molecule has 3 aromatic rings. The molecule has 0 saturated heterocycles. The number of anilines is 1. The lowest BCUT2D eigenvalue weighted by Gasteiger charge is -2.28. The van der Waals surface area contributed by atoms with Gasteiger partial charge in [-0.05, 0) is 38.1 Å². The number of fused-ring (bicyclic) bond motifs is 3. The Labute approximate surface area is 142 Å². The second kappa shape index (κ2) is 5.77. The molecule has 6 nitrogen and oxygen atoms in total. The number of hydrogen-bond acceptors (Lipinski definition) is 5. The van der Waals surface area contributed by atoms with E-state index in [-0.39, 0.29) is 12.4 Å². The molecule has 0 bridgehead atoms. The molecule has 1 aromatic carbocycles. The van der Waals surface area contributed by atoms with E-state index in [9.17, 15) is 9.18 Å². The fourth-order valence-corrected chi connectivity index (χ4v) is 3.18. The van der Waals surface area contributed by atoms with Crippen molar-refractivity contribution in [3.8, 4) is 0 Å². The van der Waals surface area contributed by atoms with Crippen LogP contribution in [0.15, 0.2) is 52.3 Å². The number of ether oxygens (including phenoxy) is 1. The summed E-state index contributed by atoms with van der Waals surface area (Å²) in [5, 5.41) is 3.12. The van der Waals surface area contributed by atoms with E-state index in [1.165, 1.54) is 12.1 Å². The van der Waals surface area contributed by atoms with Gasteiger partial charge in [-0.15, -0.1) is 0 Å². The minimum absolute atomic E-state index is 0.267. The Bertz CT molecular complexity index is 989. The molecule has 0 aliphatic carbocycles. The number of allylic oxidation sites excluding steroid dienone is 1. The summed E-state index contributed by atoms with van der Waals surface area (Å²) < 4.78 is 26.2. The molecule has 1 N–H and O–H groups in total. The van der Waals surface area contributed by atoms with Crippen molar-refractivity contribution in [1.29, 1.82) is 0 Å². The van der Waals surface area contributed by atoms with E-state index in [1.807, 2.05) is 4.57 Å². The standard InChI is InChI=1S/C18H16FN3O3/c1-3-24-17(23)15-10(2)20-18-21-12-9-11(19)6-7-13(12)22(18)16(15)14-5-4-8-25-14/h4-9,16H,3H2,1-2H3,(H,20,21). The molecule has 4 rings (SSSR count). The third-order valence-corrected chi connectivity index (χ3v) is 4.19. The van der Waals surface area contributed by atoms with Crippen LogP contribution < -0.4 is 5.32 Å². The molecule has 25 heavy (non-hydrogen) atoms. The van der Waals surface area contributed by atoms with Crippen LogP contribution in [0.25, 0.3) is 11.0 Å². The first-order valence-electron chi connectivity index (χ1n) is 7.96.